The Hall–Kier alpha value is -1.73. The Morgan fingerprint density at radius 1 is 0.913 bits per heavy atom. The van der Waals surface area contributed by atoms with E-state index in [4.69, 9.17) is 0 Å². The van der Waals surface area contributed by atoms with Crippen LogP contribution in [0.4, 0.5) is 0 Å². The molecule has 0 aromatic heterocycles. The first kappa shape index (κ1) is 14.8. The second-order valence-electron chi connectivity index (χ2n) is 7.40. The molecular weight excluding hydrogens is 296 g/mol. The molecule has 0 radical (unpaired) electrons. The molecule has 0 nitrogen and oxygen atoms in total. The van der Waals surface area contributed by atoms with E-state index in [1.165, 1.54) is 21.6 Å². The molecule has 0 fully saturated rings. The third-order valence-corrected chi connectivity index (χ3v) is 6.11. The van der Waals surface area contributed by atoms with Crippen molar-refractivity contribution < 1.29 is 0 Å². The van der Waals surface area contributed by atoms with E-state index in [9.17, 15) is 0 Å². The lowest BCUT2D eigenvalue weighted by Crippen LogP contribution is -2.19. The van der Waals surface area contributed by atoms with Crippen LogP contribution >= 0.6 is 11.8 Å². The number of thioether (sulfide) groups is 1. The van der Waals surface area contributed by atoms with Gasteiger partial charge in [-0.3, -0.25) is 0 Å². The lowest BCUT2D eigenvalue weighted by atomic mass is 9.74. The zero-order valence-corrected chi connectivity index (χ0v) is 14.7. The fraction of sp³-hybridized carbons (Fsp3) is 0.273. The molecule has 1 heterocycles. The van der Waals surface area contributed by atoms with Gasteiger partial charge in [0.1, 0.15) is 0 Å². The summed E-state index contributed by atoms with van der Waals surface area (Å²) in [7, 11) is 0. The largest absolute Gasteiger partial charge is 0.117 e. The summed E-state index contributed by atoms with van der Waals surface area (Å²) in [4.78, 5) is 1.46. The summed E-state index contributed by atoms with van der Waals surface area (Å²) in [6, 6.07) is 17.7. The van der Waals surface area contributed by atoms with Crippen molar-refractivity contribution in [2.45, 2.75) is 42.2 Å². The van der Waals surface area contributed by atoms with Crippen LogP contribution in [-0.2, 0) is 5.41 Å². The van der Waals surface area contributed by atoms with E-state index < -0.39 is 0 Å². The predicted molar refractivity (Wildman–Crippen MR) is 101 cm³/mol. The maximum absolute atomic E-state index is 2.37. The second-order valence-corrected chi connectivity index (χ2v) is 8.62. The molecule has 4 rings (SSSR count). The molecule has 23 heavy (non-hydrogen) atoms. The maximum atomic E-state index is 2.37. The summed E-state index contributed by atoms with van der Waals surface area (Å²) < 4.78 is 0. The molecule has 1 aliphatic heterocycles. The summed E-state index contributed by atoms with van der Waals surface area (Å²) in [5.74, 6) is 0.470. The van der Waals surface area contributed by atoms with Crippen molar-refractivity contribution >= 4 is 17.3 Å². The highest BCUT2D eigenvalue weighted by Gasteiger charge is 2.39. The average Bonchev–Trinajstić information content (AvgIpc) is 2.93. The summed E-state index contributed by atoms with van der Waals surface area (Å²) in [5, 5.41) is 0.522. The van der Waals surface area contributed by atoms with Crippen LogP contribution in [-0.4, -0.2) is 5.25 Å². The van der Waals surface area contributed by atoms with Gasteiger partial charge < -0.3 is 0 Å². The van der Waals surface area contributed by atoms with Gasteiger partial charge in [0.2, 0.25) is 0 Å². The van der Waals surface area contributed by atoms with Gasteiger partial charge in [-0.2, -0.15) is 0 Å². The van der Waals surface area contributed by atoms with Gasteiger partial charge in [0.05, 0.1) is 0 Å². The monoisotopic (exact) mass is 318 g/mol. The van der Waals surface area contributed by atoms with Crippen molar-refractivity contribution in [3.05, 3.63) is 83.4 Å². The van der Waals surface area contributed by atoms with Gasteiger partial charge in [0, 0.05) is 16.1 Å². The first-order valence-electron chi connectivity index (χ1n) is 8.29. The van der Waals surface area contributed by atoms with E-state index in [0.29, 0.717) is 11.2 Å². The fourth-order valence-corrected chi connectivity index (χ4v) is 5.16. The zero-order valence-electron chi connectivity index (χ0n) is 13.9. The summed E-state index contributed by atoms with van der Waals surface area (Å²) in [6.07, 6.45) is 6.92. The Morgan fingerprint density at radius 3 is 2.43 bits per heavy atom. The Kier molecular flexibility index (Phi) is 3.50. The lowest BCUT2D eigenvalue weighted by molar-refractivity contribution is 0.578. The minimum atomic E-state index is 0.170. The summed E-state index contributed by atoms with van der Waals surface area (Å²) >= 11 is 2.02. The van der Waals surface area contributed by atoms with E-state index in [1.54, 1.807) is 5.56 Å². The number of benzene rings is 2. The molecule has 0 amide bonds. The smallest absolute Gasteiger partial charge is 0.0387 e. The average molecular weight is 318 g/mol. The van der Waals surface area contributed by atoms with Gasteiger partial charge >= 0.3 is 0 Å². The number of hydrogen-bond acceptors (Lipinski definition) is 1. The van der Waals surface area contributed by atoms with Gasteiger partial charge in [-0.05, 0) is 33.7 Å². The van der Waals surface area contributed by atoms with Gasteiger partial charge in [0.15, 0.2) is 0 Å². The minimum absolute atomic E-state index is 0.170. The van der Waals surface area contributed by atoms with Crippen LogP contribution in [0.1, 0.15) is 43.4 Å². The third kappa shape index (κ3) is 2.48. The molecule has 2 atom stereocenters. The van der Waals surface area contributed by atoms with Crippen molar-refractivity contribution in [1.29, 1.82) is 0 Å². The highest BCUT2D eigenvalue weighted by atomic mass is 32.2. The van der Waals surface area contributed by atoms with Crippen molar-refractivity contribution in [1.82, 2.24) is 0 Å². The molecule has 1 aliphatic carbocycles. The molecule has 0 saturated carbocycles. The minimum Gasteiger partial charge on any atom is -0.117 e. The van der Waals surface area contributed by atoms with Crippen molar-refractivity contribution in [3.8, 4) is 0 Å². The van der Waals surface area contributed by atoms with E-state index >= 15 is 0 Å². The standard InChI is InChI=1S/C22H22S/c1-22(2,3)17-12-8-14-19-21(17)20-16(11-7-13-18(20)23-19)15-9-5-4-6-10-15/h4-14,18,20H,1-3H3. The molecule has 2 aromatic rings. The number of hydrogen-bond donors (Lipinski definition) is 0. The van der Waals surface area contributed by atoms with Crippen LogP contribution in [0.5, 0.6) is 0 Å². The highest BCUT2D eigenvalue weighted by Crippen LogP contribution is 2.55. The Bertz CT molecular complexity index is 790. The Labute approximate surface area is 143 Å². The molecule has 116 valence electrons. The van der Waals surface area contributed by atoms with Crippen LogP contribution in [0.3, 0.4) is 0 Å². The number of rotatable bonds is 1. The summed E-state index contributed by atoms with van der Waals surface area (Å²) in [6.45, 7) is 6.97. The van der Waals surface area contributed by atoms with E-state index in [2.05, 4.69) is 87.5 Å². The Balaban J connectivity index is 1.90. The molecule has 2 aromatic carbocycles. The van der Waals surface area contributed by atoms with Gasteiger partial charge in [-0.25, -0.2) is 0 Å². The fourth-order valence-electron chi connectivity index (χ4n) is 3.76. The molecular formula is C22H22S. The van der Waals surface area contributed by atoms with Gasteiger partial charge in [0.25, 0.3) is 0 Å². The number of fused-ring (bicyclic) bond motifs is 3. The van der Waals surface area contributed by atoms with Gasteiger partial charge in [-0.15, -0.1) is 11.8 Å². The molecule has 1 heteroatoms. The SMILES string of the molecule is CC(C)(C)c1cccc2c1C1C(c3ccccc3)=CC=CC1S2. The van der Waals surface area contributed by atoms with Crippen LogP contribution in [0.2, 0.25) is 0 Å². The van der Waals surface area contributed by atoms with Crippen LogP contribution in [0, 0.1) is 0 Å². The third-order valence-electron chi connectivity index (χ3n) is 4.80. The molecule has 0 spiro atoms. The molecule has 2 unspecified atom stereocenters. The highest BCUT2D eigenvalue weighted by molar-refractivity contribution is 8.00. The second kappa shape index (κ2) is 5.42. The van der Waals surface area contributed by atoms with Crippen LogP contribution in [0.25, 0.3) is 5.57 Å². The predicted octanol–water partition coefficient (Wildman–Crippen LogP) is 6.20. The van der Waals surface area contributed by atoms with E-state index in [0.717, 1.165) is 0 Å². The number of allylic oxidation sites excluding steroid dienone is 3. The van der Waals surface area contributed by atoms with Crippen molar-refractivity contribution in [2.24, 2.45) is 0 Å². The Morgan fingerprint density at radius 2 is 1.70 bits per heavy atom. The first-order valence-corrected chi connectivity index (χ1v) is 9.17. The first-order chi connectivity index (χ1) is 11.1. The topological polar surface area (TPSA) is 0 Å². The van der Waals surface area contributed by atoms with Crippen molar-refractivity contribution in [2.75, 3.05) is 0 Å². The quantitative estimate of drug-likeness (QED) is 0.603. The molecule has 2 aliphatic rings. The molecule has 0 bridgehead atoms. The van der Waals surface area contributed by atoms with Crippen LogP contribution < -0.4 is 0 Å². The lowest BCUT2D eigenvalue weighted by Gasteiger charge is -2.29. The van der Waals surface area contributed by atoms with Crippen molar-refractivity contribution in [3.63, 3.8) is 0 Å². The molecule has 0 saturated heterocycles. The summed E-state index contributed by atoms with van der Waals surface area (Å²) in [5.41, 5.74) is 6.02. The normalized spacial score (nSPS) is 22.5. The zero-order chi connectivity index (χ0) is 16.0. The van der Waals surface area contributed by atoms with Crippen LogP contribution in [0.15, 0.2) is 71.7 Å². The van der Waals surface area contributed by atoms with E-state index in [1.807, 2.05) is 11.8 Å². The van der Waals surface area contributed by atoms with E-state index in [-0.39, 0.29) is 5.41 Å². The molecule has 0 N–H and O–H groups in total. The van der Waals surface area contributed by atoms with Gasteiger partial charge in [-0.1, -0.05) is 81.5 Å². The maximum Gasteiger partial charge on any atom is 0.0387 e.